The Labute approximate surface area is 185 Å². The summed E-state index contributed by atoms with van der Waals surface area (Å²) in [7, 11) is 0. The zero-order chi connectivity index (χ0) is 19.6. The molecule has 0 aliphatic rings. The van der Waals surface area contributed by atoms with Gasteiger partial charge in [0.25, 0.3) is 0 Å². The fourth-order valence-corrected chi connectivity index (χ4v) is 2.41. The summed E-state index contributed by atoms with van der Waals surface area (Å²) in [6, 6.07) is 13.3. The summed E-state index contributed by atoms with van der Waals surface area (Å²) in [5.41, 5.74) is 1.59. The molecule has 0 aliphatic carbocycles. The molecule has 2 aromatic rings. The van der Waals surface area contributed by atoms with Crippen molar-refractivity contribution in [3.05, 3.63) is 64.7 Å². The largest absolute Gasteiger partial charge is 0.435 e. The summed E-state index contributed by atoms with van der Waals surface area (Å²) in [6.07, 6.45) is -0.829. The molecule has 28 heavy (non-hydrogen) atoms. The van der Waals surface area contributed by atoms with Gasteiger partial charge in [0, 0.05) is 18.1 Å². The van der Waals surface area contributed by atoms with Crippen LogP contribution in [0.5, 0.6) is 5.75 Å². The fraction of sp³-hybridized carbons (Fsp3) is 0.316. The summed E-state index contributed by atoms with van der Waals surface area (Å²) < 4.78 is 28.6. The van der Waals surface area contributed by atoms with Crippen LogP contribution >= 0.6 is 35.6 Å². The van der Waals surface area contributed by atoms with Gasteiger partial charge in [-0.3, -0.25) is 0 Å². The van der Waals surface area contributed by atoms with E-state index in [1.807, 2.05) is 19.1 Å². The third kappa shape index (κ3) is 8.57. The Morgan fingerprint density at radius 2 is 1.75 bits per heavy atom. The highest BCUT2D eigenvalue weighted by Gasteiger charge is 2.10. The topological polar surface area (TPSA) is 65.9 Å². The normalized spacial score (nSPS) is 12.3. The number of nitrogens with one attached hydrogen (secondary N) is 2. The predicted molar refractivity (Wildman–Crippen MR) is 118 cm³/mol. The smallest absolute Gasteiger partial charge is 0.387 e. The molecular weight excluding hydrogens is 503 g/mol. The number of nitrogens with zero attached hydrogens (tertiary/aromatic N) is 1. The second-order valence-electron chi connectivity index (χ2n) is 5.67. The van der Waals surface area contributed by atoms with E-state index in [-0.39, 0.29) is 36.3 Å². The van der Waals surface area contributed by atoms with Gasteiger partial charge in [-0.2, -0.15) is 8.78 Å². The Kier molecular flexibility index (Phi) is 11.1. The molecule has 0 spiro atoms. The van der Waals surface area contributed by atoms with Gasteiger partial charge in [0.2, 0.25) is 0 Å². The van der Waals surface area contributed by atoms with Crippen LogP contribution in [0, 0.1) is 0 Å². The highest BCUT2D eigenvalue weighted by molar-refractivity contribution is 14.0. The number of hydrogen-bond acceptors (Lipinski definition) is 3. The average Bonchev–Trinajstić information content (AvgIpc) is 2.65. The van der Waals surface area contributed by atoms with E-state index in [1.165, 1.54) is 12.1 Å². The monoisotopic (exact) mass is 525 g/mol. The molecule has 0 heterocycles. The molecule has 0 saturated heterocycles. The standard InChI is InChI=1S/C19H22ClF2N3O2.HI/c1-2-23-19(24-11-13-3-7-15(20)8-4-13)25-12-17(26)14-5-9-16(10-6-14)27-18(21)22;/h3-10,17-18,26H,2,11-12H2,1H3,(H2,23,24,25);1H. The lowest BCUT2D eigenvalue weighted by Crippen LogP contribution is -2.39. The van der Waals surface area contributed by atoms with Crippen LogP contribution in [0.4, 0.5) is 8.78 Å². The van der Waals surface area contributed by atoms with E-state index >= 15 is 0 Å². The summed E-state index contributed by atoms with van der Waals surface area (Å²) in [5, 5.41) is 17.1. The molecule has 0 amide bonds. The van der Waals surface area contributed by atoms with Gasteiger partial charge in [-0.1, -0.05) is 35.9 Å². The number of benzene rings is 2. The van der Waals surface area contributed by atoms with Crippen LogP contribution in [0.25, 0.3) is 0 Å². The Hall–Kier alpha value is -1.65. The van der Waals surface area contributed by atoms with Crippen molar-refractivity contribution in [1.82, 2.24) is 10.6 Å². The number of aliphatic imine (C=N–C) groups is 1. The highest BCUT2D eigenvalue weighted by atomic mass is 127. The first-order chi connectivity index (χ1) is 13.0. The summed E-state index contributed by atoms with van der Waals surface area (Å²) in [4.78, 5) is 4.46. The fourth-order valence-electron chi connectivity index (χ4n) is 2.28. The van der Waals surface area contributed by atoms with E-state index < -0.39 is 12.7 Å². The van der Waals surface area contributed by atoms with Crippen LogP contribution < -0.4 is 15.4 Å². The van der Waals surface area contributed by atoms with Crippen molar-refractivity contribution in [2.75, 3.05) is 13.1 Å². The molecular formula is C19H23ClF2IN3O2. The molecule has 1 unspecified atom stereocenters. The zero-order valence-electron chi connectivity index (χ0n) is 15.2. The van der Waals surface area contributed by atoms with Crippen LogP contribution in [0.2, 0.25) is 5.02 Å². The van der Waals surface area contributed by atoms with Crippen LogP contribution in [0.1, 0.15) is 24.2 Å². The maximum Gasteiger partial charge on any atom is 0.387 e. The maximum absolute atomic E-state index is 12.2. The minimum Gasteiger partial charge on any atom is -0.435 e. The Bertz CT molecular complexity index is 731. The zero-order valence-corrected chi connectivity index (χ0v) is 18.3. The third-order valence-electron chi connectivity index (χ3n) is 3.63. The summed E-state index contributed by atoms with van der Waals surface area (Å²) in [6.45, 7) is 0.408. The Balaban J connectivity index is 0.00000392. The van der Waals surface area contributed by atoms with Gasteiger partial charge >= 0.3 is 6.61 Å². The second-order valence-corrected chi connectivity index (χ2v) is 6.10. The van der Waals surface area contributed by atoms with Crippen molar-refractivity contribution in [3.8, 4) is 5.75 Å². The van der Waals surface area contributed by atoms with E-state index in [1.54, 1.807) is 24.3 Å². The molecule has 0 aliphatic heterocycles. The first-order valence-electron chi connectivity index (χ1n) is 8.47. The van der Waals surface area contributed by atoms with Crippen molar-refractivity contribution in [1.29, 1.82) is 0 Å². The molecule has 154 valence electrons. The predicted octanol–water partition coefficient (Wildman–Crippen LogP) is 4.35. The van der Waals surface area contributed by atoms with Gasteiger partial charge in [0.1, 0.15) is 5.75 Å². The first kappa shape index (κ1) is 24.4. The number of rotatable bonds is 8. The molecule has 2 rings (SSSR count). The number of aliphatic hydroxyl groups is 1. The number of alkyl halides is 2. The van der Waals surface area contributed by atoms with E-state index in [4.69, 9.17) is 11.6 Å². The highest BCUT2D eigenvalue weighted by Crippen LogP contribution is 2.19. The number of ether oxygens (including phenoxy) is 1. The van der Waals surface area contributed by atoms with E-state index in [9.17, 15) is 13.9 Å². The van der Waals surface area contributed by atoms with Crippen molar-refractivity contribution < 1.29 is 18.6 Å². The molecule has 0 saturated carbocycles. The molecule has 3 N–H and O–H groups in total. The second kappa shape index (κ2) is 12.7. The van der Waals surface area contributed by atoms with Crippen LogP contribution in [0.15, 0.2) is 53.5 Å². The SMILES string of the molecule is CCNC(=NCc1ccc(Cl)cc1)NCC(O)c1ccc(OC(F)F)cc1.I. The molecule has 9 heteroatoms. The number of hydrogen-bond donors (Lipinski definition) is 3. The van der Waals surface area contributed by atoms with Gasteiger partial charge in [-0.15, -0.1) is 24.0 Å². The molecule has 5 nitrogen and oxygen atoms in total. The lowest BCUT2D eigenvalue weighted by Gasteiger charge is -2.16. The van der Waals surface area contributed by atoms with Gasteiger partial charge in [0.05, 0.1) is 12.6 Å². The van der Waals surface area contributed by atoms with Crippen molar-refractivity contribution in [2.45, 2.75) is 26.2 Å². The first-order valence-corrected chi connectivity index (χ1v) is 8.85. The molecule has 0 fully saturated rings. The minimum atomic E-state index is -2.87. The van der Waals surface area contributed by atoms with Crippen molar-refractivity contribution in [3.63, 3.8) is 0 Å². The summed E-state index contributed by atoms with van der Waals surface area (Å²) >= 11 is 5.87. The van der Waals surface area contributed by atoms with E-state index in [0.29, 0.717) is 29.6 Å². The van der Waals surface area contributed by atoms with E-state index in [0.717, 1.165) is 5.56 Å². The Morgan fingerprint density at radius 1 is 1.11 bits per heavy atom. The van der Waals surface area contributed by atoms with Crippen LogP contribution in [-0.4, -0.2) is 30.8 Å². The molecule has 2 aromatic carbocycles. The Morgan fingerprint density at radius 3 is 2.32 bits per heavy atom. The lowest BCUT2D eigenvalue weighted by atomic mass is 10.1. The average molecular weight is 526 g/mol. The minimum absolute atomic E-state index is 0. The number of aliphatic hydroxyl groups excluding tert-OH is 1. The van der Waals surface area contributed by atoms with Crippen molar-refractivity contribution in [2.24, 2.45) is 4.99 Å². The molecule has 0 radical (unpaired) electrons. The number of guanidine groups is 1. The van der Waals surface area contributed by atoms with Gasteiger partial charge in [-0.25, -0.2) is 4.99 Å². The third-order valence-corrected chi connectivity index (χ3v) is 3.88. The molecule has 0 aromatic heterocycles. The maximum atomic E-state index is 12.2. The van der Waals surface area contributed by atoms with Gasteiger partial charge < -0.3 is 20.5 Å². The molecule has 0 bridgehead atoms. The summed E-state index contributed by atoms with van der Waals surface area (Å²) in [5.74, 6) is 0.607. The lowest BCUT2D eigenvalue weighted by molar-refractivity contribution is -0.0498. The quantitative estimate of drug-likeness (QED) is 0.272. The van der Waals surface area contributed by atoms with Crippen LogP contribution in [-0.2, 0) is 6.54 Å². The van der Waals surface area contributed by atoms with Gasteiger partial charge in [0.15, 0.2) is 5.96 Å². The van der Waals surface area contributed by atoms with E-state index in [2.05, 4.69) is 20.4 Å². The van der Waals surface area contributed by atoms with Crippen LogP contribution in [0.3, 0.4) is 0 Å². The molecule has 1 atom stereocenters. The van der Waals surface area contributed by atoms with Crippen molar-refractivity contribution >= 4 is 41.5 Å². The van der Waals surface area contributed by atoms with Gasteiger partial charge in [-0.05, 0) is 42.3 Å². The number of halogens is 4.